The van der Waals surface area contributed by atoms with Gasteiger partial charge < -0.3 is 25.0 Å². The summed E-state index contributed by atoms with van der Waals surface area (Å²) in [7, 11) is 0. The molecule has 2 fully saturated rings. The van der Waals surface area contributed by atoms with Gasteiger partial charge in [0.25, 0.3) is 5.91 Å². The van der Waals surface area contributed by atoms with Gasteiger partial charge >= 0.3 is 0 Å². The molecule has 7 nitrogen and oxygen atoms in total. The molecule has 2 aromatic carbocycles. The Labute approximate surface area is 257 Å². The van der Waals surface area contributed by atoms with Gasteiger partial charge in [0.05, 0.1) is 13.2 Å². The lowest BCUT2D eigenvalue weighted by atomic mass is 9.94. The van der Waals surface area contributed by atoms with E-state index in [2.05, 4.69) is 90.3 Å². The van der Waals surface area contributed by atoms with Crippen molar-refractivity contribution in [3.63, 3.8) is 0 Å². The summed E-state index contributed by atoms with van der Waals surface area (Å²) in [5.74, 6) is -0.0626. The van der Waals surface area contributed by atoms with Crippen LogP contribution in [0.5, 0.6) is 0 Å². The van der Waals surface area contributed by atoms with E-state index in [1.807, 2.05) is 6.92 Å². The van der Waals surface area contributed by atoms with Crippen molar-refractivity contribution in [3.8, 4) is 11.1 Å². The molecule has 3 aliphatic rings. The maximum absolute atomic E-state index is 13.9. The molecule has 3 heterocycles. The van der Waals surface area contributed by atoms with Gasteiger partial charge in [0.15, 0.2) is 0 Å². The van der Waals surface area contributed by atoms with E-state index in [1.165, 1.54) is 5.56 Å². The van der Waals surface area contributed by atoms with Crippen LogP contribution in [-0.2, 0) is 16.0 Å². The van der Waals surface area contributed by atoms with Crippen molar-refractivity contribution in [2.24, 2.45) is 0 Å². The predicted molar refractivity (Wildman–Crippen MR) is 175 cm³/mol. The average Bonchev–Trinajstić information content (AvgIpc) is 3.01. The third kappa shape index (κ3) is 7.58. The van der Waals surface area contributed by atoms with Crippen molar-refractivity contribution in [2.45, 2.75) is 59.5 Å². The van der Waals surface area contributed by atoms with Crippen molar-refractivity contribution >= 4 is 11.6 Å². The molecule has 0 unspecified atom stereocenters. The molecule has 230 valence electrons. The fourth-order valence-corrected chi connectivity index (χ4v) is 6.47. The van der Waals surface area contributed by atoms with Gasteiger partial charge in [-0.2, -0.15) is 0 Å². The zero-order valence-electron chi connectivity index (χ0n) is 26.4. The Balaban J connectivity index is 1.47. The summed E-state index contributed by atoms with van der Waals surface area (Å²) in [6.45, 7) is 20.0. The monoisotopic (exact) mass is 584 g/mol. The number of morpholine rings is 1. The molecule has 5 rings (SSSR count). The summed E-state index contributed by atoms with van der Waals surface area (Å²) in [5, 5.41) is 6.52. The standard InChI is InChI=1S/C36H48N4O3/c1-6-13-40(32-11-16-42-17-12-32)35-22-31(30-9-7-29(8-10-30)24-39-14-18-43-19-15-39)21-33(27(35)4)36(41)37-23-34-25(2)20-26(3)38-28(34)5/h7-10,20-22,32,38H,5-6,11-19,23-24H2,1-4H3,(H,37,41). The van der Waals surface area contributed by atoms with E-state index in [-0.39, 0.29) is 5.91 Å². The number of allylic oxidation sites excluding steroid dienone is 3. The first-order valence-corrected chi connectivity index (χ1v) is 15.8. The van der Waals surface area contributed by atoms with Gasteiger partial charge in [0.1, 0.15) is 0 Å². The number of carbonyl (C=O) groups excluding carboxylic acids is 1. The van der Waals surface area contributed by atoms with Crippen LogP contribution < -0.4 is 15.5 Å². The minimum Gasteiger partial charge on any atom is -0.381 e. The maximum Gasteiger partial charge on any atom is 0.251 e. The van der Waals surface area contributed by atoms with E-state index < -0.39 is 0 Å². The molecule has 0 bridgehead atoms. The molecule has 2 saturated heterocycles. The Bertz CT molecular complexity index is 1370. The van der Waals surface area contributed by atoms with Gasteiger partial charge in [-0.15, -0.1) is 0 Å². The minimum atomic E-state index is -0.0626. The van der Waals surface area contributed by atoms with Crippen molar-refractivity contribution in [3.05, 3.63) is 88.3 Å². The Hall–Kier alpha value is -3.39. The number of dihydropyridines is 1. The Kier molecular flexibility index (Phi) is 10.4. The lowest BCUT2D eigenvalue weighted by Gasteiger charge is -2.37. The van der Waals surface area contributed by atoms with Gasteiger partial charge in [0, 0.05) is 74.6 Å². The number of benzene rings is 2. The Morgan fingerprint density at radius 2 is 1.72 bits per heavy atom. The molecule has 0 aliphatic carbocycles. The molecule has 7 heteroatoms. The lowest BCUT2D eigenvalue weighted by molar-refractivity contribution is 0.0342. The number of amides is 1. The summed E-state index contributed by atoms with van der Waals surface area (Å²) in [6.07, 6.45) is 5.13. The number of hydrogen-bond acceptors (Lipinski definition) is 6. The summed E-state index contributed by atoms with van der Waals surface area (Å²) in [5.41, 5.74) is 10.4. The van der Waals surface area contributed by atoms with Crippen LogP contribution in [0.25, 0.3) is 11.1 Å². The highest BCUT2D eigenvalue weighted by Crippen LogP contribution is 2.34. The molecular weight excluding hydrogens is 536 g/mol. The molecule has 0 atom stereocenters. The second-order valence-corrected chi connectivity index (χ2v) is 12.1. The number of nitrogens with zero attached hydrogens (tertiary/aromatic N) is 2. The number of nitrogens with one attached hydrogen (secondary N) is 2. The summed E-state index contributed by atoms with van der Waals surface area (Å²) >= 11 is 0. The number of hydrogen-bond donors (Lipinski definition) is 2. The smallest absolute Gasteiger partial charge is 0.251 e. The van der Waals surface area contributed by atoms with Crippen LogP contribution in [0.2, 0.25) is 0 Å². The van der Waals surface area contributed by atoms with E-state index in [1.54, 1.807) is 0 Å². The normalized spacial score (nSPS) is 18.3. The van der Waals surface area contributed by atoms with Crippen LogP contribution in [0.3, 0.4) is 0 Å². The van der Waals surface area contributed by atoms with Gasteiger partial charge in [-0.05, 0) is 91.6 Å². The van der Waals surface area contributed by atoms with Crippen LogP contribution in [-0.4, -0.2) is 69.5 Å². The first-order valence-electron chi connectivity index (χ1n) is 15.8. The summed E-state index contributed by atoms with van der Waals surface area (Å²) in [4.78, 5) is 18.9. The van der Waals surface area contributed by atoms with E-state index >= 15 is 0 Å². The fraction of sp³-hybridized carbons (Fsp3) is 0.472. The highest BCUT2D eigenvalue weighted by Gasteiger charge is 2.26. The summed E-state index contributed by atoms with van der Waals surface area (Å²) < 4.78 is 11.2. The first kappa shape index (κ1) is 31.0. The highest BCUT2D eigenvalue weighted by atomic mass is 16.5. The van der Waals surface area contributed by atoms with Crippen LogP contribution in [0, 0.1) is 6.92 Å². The number of carbonyl (C=O) groups is 1. The molecule has 0 aromatic heterocycles. The van der Waals surface area contributed by atoms with Crippen LogP contribution in [0.15, 0.2) is 71.6 Å². The molecule has 2 aromatic rings. The molecule has 1 amide bonds. The molecule has 0 saturated carbocycles. The SMILES string of the molecule is C=C1NC(C)=CC(C)=C1CNC(=O)c1cc(-c2ccc(CN3CCOCC3)cc2)cc(N(CCC)C2CCOCC2)c1C. The van der Waals surface area contributed by atoms with Gasteiger partial charge in [-0.3, -0.25) is 9.69 Å². The molecule has 2 N–H and O–H groups in total. The van der Waals surface area contributed by atoms with Gasteiger partial charge in [-0.25, -0.2) is 0 Å². The zero-order chi connectivity index (χ0) is 30.3. The number of ether oxygens (including phenoxy) is 2. The quantitative estimate of drug-likeness (QED) is 0.360. The topological polar surface area (TPSA) is 66.1 Å². The van der Waals surface area contributed by atoms with Crippen molar-refractivity contribution < 1.29 is 14.3 Å². The van der Waals surface area contributed by atoms with Gasteiger partial charge in [0.2, 0.25) is 0 Å². The highest BCUT2D eigenvalue weighted by molar-refractivity contribution is 5.99. The van der Waals surface area contributed by atoms with Crippen molar-refractivity contribution in [1.29, 1.82) is 0 Å². The molecule has 0 spiro atoms. The fourth-order valence-electron chi connectivity index (χ4n) is 6.47. The second-order valence-electron chi connectivity index (χ2n) is 12.1. The minimum absolute atomic E-state index is 0.0626. The van der Waals surface area contributed by atoms with Crippen LogP contribution in [0.1, 0.15) is 61.5 Å². The molecular formula is C36H48N4O3. The maximum atomic E-state index is 13.9. The third-order valence-corrected chi connectivity index (χ3v) is 8.87. The van der Waals surface area contributed by atoms with Crippen molar-refractivity contribution in [1.82, 2.24) is 15.5 Å². The third-order valence-electron chi connectivity index (χ3n) is 8.87. The Morgan fingerprint density at radius 1 is 1.02 bits per heavy atom. The molecule has 3 aliphatic heterocycles. The van der Waals surface area contributed by atoms with Crippen molar-refractivity contribution in [2.75, 3.05) is 57.5 Å². The predicted octanol–water partition coefficient (Wildman–Crippen LogP) is 5.96. The molecule has 43 heavy (non-hydrogen) atoms. The largest absolute Gasteiger partial charge is 0.381 e. The van der Waals surface area contributed by atoms with E-state index in [0.717, 1.165) is 122 Å². The van der Waals surface area contributed by atoms with E-state index in [9.17, 15) is 4.79 Å². The zero-order valence-corrected chi connectivity index (χ0v) is 26.4. The lowest BCUT2D eigenvalue weighted by Crippen LogP contribution is -2.40. The average molecular weight is 585 g/mol. The second kappa shape index (κ2) is 14.4. The number of anilines is 1. The van der Waals surface area contributed by atoms with Crippen LogP contribution in [0.4, 0.5) is 5.69 Å². The molecule has 0 radical (unpaired) electrons. The summed E-state index contributed by atoms with van der Waals surface area (Å²) in [6, 6.07) is 13.6. The first-order chi connectivity index (χ1) is 20.8. The van der Waals surface area contributed by atoms with Gasteiger partial charge in [-0.1, -0.05) is 37.8 Å². The number of rotatable bonds is 10. The van der Waals surface area contributed by atoms with E-state index in [0.29, 0.717) is 12.6 Å². The van der Waals surface area contributed by atoms with Crippen LogP contribution >= 0.6 is 0 Å². The Morgan fingerprint density at radius 3 is 2.40 bits per heavy atom. The van der Waals surface area contributed by atoms with E-state index in [4.69, 9.17) is 9.47 Å².